The fourth-order valence-corrected chi connectivity index (χ4v) is 3.60. The maximum atomic E-state index is 12.2. The highest BCUT2D eigenvalue weighted by Crippen LogP contribution is 2.16. The molecule has 0 aromatic heterocycles. The third kappa shape index (κ3) is 6.80. The van der Waals surface area contributed by atoms with Gasteiger partial charge in [-0.3, -0.25) is 9.59 Å². The number of quaternary nitrogens is 2. The van der Waals surface area contributed by atoms with Crippen LogP contribution in [0.3, 0.4) is 0 Å². The number of benzene rings is 1. The van der Waals surface area contributed by atoms with Crippen LogP contribution in [-0.4, -0.2) is 72.4 Å². The topological polar surface area (TPSA) is 67.5 Å². The van der Waals surface area contributed by atoms with E-state index in [4.69, 9.17) is 4.74 Å². The number of nitrogens with one attached hydrogen (secondary N) is 3. The molecule has 0 radical (unpaired) electrons. The lowest BCUT2D eigenvalue weighted by atomic mass is 10.0. The molecule has 0 aliphatic carbocycles. The average Bonchev–Trinajstić information content (AvgIpc) is 2.68. The van der Waals surface area contributed by atoms with Crippen molar-refractivity contribution in [1.82, 2.24) is 5.32 Å². The third-order valence-electron chi connectivity index (χ3n) is 5.42. The van der Waals surface area contributed by atoms with Gasteiger partial charge >= 0.3 is 5.97 Å². The van der Waals surface area contributed by atoms with E-state index in [-0.39, 0.29) is 30.8 Å². The van der Waals surface area contributed by atoms with Crippen molar-refractivity contribution in [3.63, 3.8) is 0 Å². The van der Waals surface area contributed by atoms with E-state index in [1.165, 1.54) is 16.2 Å². The summed E-state index contributed by atoms with van der Waals surface area (Å²) in [5.41, 5.74) is 2.41. The van der Waals surface area contributed by atoms with Gasteiger partial charge < -0.3 is 24.8 Å². The molecule has 28 heavy (non-hydrogen) atoms. The number of esters is 1. The molecule has 1 heterocycles. The van der Waals surface area contributed by atoms with Crippen molar-refractivity contribution in [2.75, 3.05) is 65.4 Å². The molecule has 1 aliphatic rings. The molecule has 0 spiro atoms. The van der Waals surface area contributed by atoms with Crippen LogP contribution in [0.15, 0.2) is 24.3 Å². The number of hydrogen-bond donors (Lipinski definition) is 3. The smallest absolute Gasteiger partial charge is 0.306 e. The first kappa shape index (κ1) is 22.2. The Morgan fingerprint density at radius 2 is 1.75 bits per heavy atom. The van der Waals surface area contributed by atoms with Gasteiger partial charge in [0.1, 0.15) is 32.2 Å². The zero-order chi connectivity index (χ0) is 20.5. The largest absolute Gasteiger partial charge is 0.466 e. The highest BCUT2D eigenvalue weighted by molar-refractivity contribution is 5.81. The molecule has 1 atom stereocenters. The van der Waals surface area contributed by atoms with Crippen molar-refractivity contribution in [3.8, 4) is 0 Å². The molecule has 1 fully saturated rings. The summed E-state index contributed by atoms with van der Waals surface area (Å²) in [6.45, 7) is 7.15. The number of likely N-dealkylation sites (N-methyl/N-ethyl adjacent to an activating group) is 1. The predicted octanol–water partition coefficient (Wildman–Crippen LogP) is -1.33. The third-order valence-corrected chi connectivity index (χ3v) is 5.42. The molecule has 0 saturated carbocycles. The number of piperazine rings is 1. The van der Waals surface area contributed by atoms with Crippen LogP contribution in [0.1, 0.15) is 31.4 Å². The Bertz CT molecular complexity index is 625. The second kappa shape index (κ2) is 11.0. The molecule has 1 amide bonds. The molecular formula is C21H36N4O3+2. The normalized spacial score (nSPS) is 20.3. The molecule has 1 aromatic rings. The summed E-state index contributed by atoms with van der Waals surface area (Å²) >= 11 is 0. The maximum Gasteiger partial charge on any atom is 0.306 e. The van der Waals surface area contributed by atoms with Gasteiger partial charge in [0, 0.05) is 31.8 Å². The average molecular weight is 393 g/mol. The Morgan fingerprint density at radius 1 is 1.11 bits per heavy atom. The summed E-state index contributed by atoms with van der Waals surface area (Å²) in [6, 6.07) is 8.82. The Labute approximate surface area is 168 Å². The number of amides is 1. The van der Waals surface area contributed by atoms with Crippen LogP contribution in [0.2, 0.25) is 0 Å². The number of carbonyl (C=O) groups is 2. The highest BCUT2D eigenvalue weighted by Gasteiger charge is 2.29. The Hall–Kier alpha value is -2.12. The molecule has 7 heteroatoms. The Morgan fingerprint density at radius 3 is 2.32 bits per heavy atom. The van der Waals surface area contributed by atoms with E-state index in [0.29, 0.717) is 13.2 Å². The van der Waals surface area contributed by atoms with Crippen LogP contribution in [-0.2, 0) is 14.3 Å². The lowest BCUT2D eigenvalue weighted by Crippen LogP contribution is -3.27. The summed E-state index contributed by atoms with van der Waals surface area (Å²) < 4.78 is 4.89. The van der Waals surface area contributed by atoms with Gasteiger partial charge in [0.15, 0.2) is 0 Å². The van der Waals surface area contributed by atoms with Gasteiger partial charge in [-0.25, -0.2) is 0 Å². The molecule has 1 saturated heterocycles. The van der Waals surface area contributed by atoms with Crippen LogP contribution in [0.5, 0.6) is 0 Å². The van der Waals surface area contributed by atoms with Crippen LogP contribution < -0.4 is 20.0 Å². The Balaban J connectivity index is 2.00. The number of anilines is 1. The zero-order valence-corrected chi connectivity index (χ0v) is 17.7. The van der Waals surface area contributed by atoms with E-state index < -0.39 is 0 Å². The fourth-order valence-electron chi connectivity index (χ4n) is 3.60. The molecule has 1 aliphatic heterocycles. The second-order valence-electron chi connectivity index (χ2n) is 7.76. The van der Waals surface area contributed by atoms with Gasteiger partial charge in [0.25, 0.3) is 0 Å². The second-order valence-corrected chi connectivity index (χ2v) is 7.76. The molecule has 1 aromatic carbocycles. The minimum absolute atomic E-state index is 0.0953. The lowest BCUT2D eigenvalue weighted by molar-refractivity contribution is -1.02. The van der Waals surface area contributed by atoms with Gasteiger partial charge in [-0.05, 0) is 19.1 Å². The van der Waals surface area contributed by atoms with E-state index in [9.17, 15) is 9.59 Å². The minimum atomic E-state index is -0.318. The van der Waals surface area contributed by atoms with Gasteiger partial charge in [0.2, 0.25) is 5.91 Å². The minimum Gasteiger partial charge on any atom is -0.466 e. The summed E-state index contributed by atoms with van der Waals surface area (Å²) in [6.07, 6.45) is 0.305. The lowest BCUT2D eigenvalue weighted by Gasteiger charge is -2.33. The first-order chi connectivity index (χ1) is 13.4. The summed E-state index contributed by atoms with van der Waals surface area (Å²) in [5, 5.41) is 3.04. The highest BCUT2D eigenvalue weighted by atomic mass is 16.5. The van der Waals surface area contributed by atoms with E-state index in [1.807, 2.05) is 14.1 Å². The molecule has 3 N–H and O–H groups in total. The molecular weight excluding hydrogens is 356 g/mol. The molecule has 0 unspecified atom stereocenters. The fraction of sp³-hybridized carbons (Fsp3) is 0.619. The first-order valence-electron chi connectivity index (χ1n) is 10.3. The number of nitrogens with zero attached hydrogens (tertiary/aromatic N) is 1. The first-order valence-corrected chi connectivity index (χ1v) is 10.3. The van der Waals surface area contributed by atoms with E-state index in [1.54, 1.807) is 11.8 Å². The van der Waals surface area contributed by atoms with Gasteiger partial charge in [-0.15, -0.1) is 0 Å². The zero-order valence-electron chi connectivity index (χ0n) is 17.7. The molecule has 156 valence electrons. The van der Waals surface area contributed by atoms with Crippen molar-refractivity contribution in [2.24, 2.45) is 0 Å². The van der Waals surface area contributed by atoms with Crippen LogP contribution in [0.25, 0.3) is 0 Å². The van der Waals surface area contributed by atoms with E-state index in [2.05, 4.69) is 41.5 Å². The monoisotopic (exact) mass is 392 g/mol. The van der Waals surface area contributed by atoms with Gasteiger partial charge in [-0.2, -0.15) is 0 Å². The van der Waals surface area contributed by atoms with Crippen molar-refractivity contribution < 1.29 is 24.1 Å². The molecule has 7 nitrogen and oxygen atoms in total. The Kier molecular flexibility index (Phi) is 8.73. The molecule has 2 rings (SSSR count). The van der Waals surface area contributed by atoms with Crippen LogP contribution >= 0.6 is 0 Å². The van der Waals surface area contributed by atoms with E-state index >= 15 is 0 Å². The number of rotatable bonds is 9. The number of hydrogen-bond acceptors (Lipinski definition) is 4. The van der Waals surface area contributed by atoms with Crippen molar-refractivity contribution in [2.45, 2.75) is 25.8 Å². The maximum absolute atomic E-state index is 12.2. The van der Waals surface area contributed by atoms with Crippen molar-refractivity contribution >= 4 is 17.6 Å². The van der Waals surface area contributed by atoms with Gasteiger partial charge in [-0.1, -0.05) is 12.1 Å². The standard InChI is InChI=1S/C21H34N4O3/c1-5-28-21(27)11-10-20(26)22-16-19(25-14-12-24(4)13-15-25)17-6-8-18(9-7-17)23(2)3/h6-9,19H,5,10-16H2,1-4H3,(H,22,26)/p+2/t19-/m1/s1. The summed E-state index contributed by atoms with van der Waals surface area (Å²) in [4.78, 5) is 28.8. The predicted molar refractivity (Wildman–Crippen MR) is 110 cm³/mol. The van der Waals surface area contributed by atoms with E-state index in [0.717, 1.165) is 26.2 Å². The van der Waals surface area contributed by atoms with Crippen molar-refractivity contribution in [1.29, 1.82) is 0 Å². The SMILES string of the molecule is CCOC(=O)CCC(=O)NC[C@H](c1ccc(N(C)C)cc1)[NH+]1CC[NH+](C)CC1. The van der Waals surface area contributed by atoms with Crippen molar-refractivity contribution in [3.05, 3.63) is 29.8 Å². The summed E-state index contributed by atoms with van der Waals surface area (Å²) in [5.74, 6) is -0.414. The quantitative estimate of drug-likeness (QED) is 0.456. The molecule has 0 bridgehead atoms. The number of carbonyl (C=O) groups excluding carboxylic acids is 2. The van der Waals surface area contributed by atoms with Gasteiger partial charge in [0.05, 0.1) is 26.6 Å². The van der Waals surface area contributed by atoms with Crippen LogP contribution in [0, 0.1) is 0 Å². The van der Waals surface area contributed by atoms with Crippen LogP contribution in [0.4, 0.5) is 5.69 Å². The number of ether oxygens (including phenoxy) is 1. The summed E-state index contributed by atoms with van der Waals surface area (Å²) in [7, 11) is 6.30.